The molecular formula is C17H19N3O. The van der Waals surface area contributed by atoms with Gasteiger partial charge < -0.3 is 10.2 Å². The van der Waals surface area contributed by atoms with Crippen molar-refractivity contribution in [3.8, 4) is 0 Å². The molecule has 1 aromatic carbocycles. The summed E-state index contributed by atoms with van der Waals surface area (Å²) in [6.45, 7) is 4.18. The Morgan fingerprint density at radius 2 is 2.10 bits per heavy atom. The highest BCUT2D eigenvalue weighted by Crippen LogP contribution is 2.34. The Balaban J connectivity index is 2.07. The van der Waals surface area contributed by atoms with Crippen LogP contribution >= 0.6 is 0 Å². The van der Waals surface area contributed by atoms with Gasteiger partial charge in [-0.1, -0.05) is 25.1 Å². The average Bonchev–Trinajstić information content (AvgIpc) is 2.55. The van der Waals surface area contributed by atoms with Crippen molar-refractivity contribution in [2.24, 2.45) is 0 Å². The van der Waals surface area contributed by atoms with Crippen LogP contribution in [-0.4, -0.2) is 21.8 Å². The lowest BCUT2D eigenvalue weighted by Crippen LogP contribution is -2.47. The van der Waals surface area contributed by atoms with E-state index in [-0.39, 0.29) is 18.1 Å². The van der Waals surface area contributed by atoms with E-state index in [0.717, 1.165) is 23.2 Å². The number of nitrogens with one attached hydrogen (secondary N) is 1. The maximum absolute atomic E-state index is 12.9. The average molecular weight is 281 g/mol. The van der Waals surface area contributed by atoms with Gasteiger partial charge in [-0.15, -0.1) is 0 Å². The van der Waals surface area contributed by atoms with Gasteiger partial charge in [0.05, 0.1) is 5.56 Å². The van der Waals surface area contributed by atoms with Crippen molar-refractivity contribution in [1.29, 1.82) is 0 Å². The topological polar surface area (TPSA) is 45.2 Å². The van der Waals surface area contributed by atoms with Crippen LogP contribution < -0.4 is 5.32 Å². The van der Waals surface area contributed by atoms with Gasteiger partial charge in [-0.2, -0.15) is 0 Å². The Morgan fingerprint density at radius 3 is 2.81 bits per heavy atom. The Kier molecular flexibility index (Phi) is 3.60. The van der Waals surface area contributed by atoms with E-state index in [9.17, 15) is 4.79 Å². The summed E-state index contributed by atoms with van der Waals surface area (Å²) in [5, 5.41) is 3.47. The number of nitrogens with zero attached hydrogens (tertiary/aromatic N) is 2. The molecule has 0 saturated carbocycles. The SMILES string of the molecule is CCC(C)N1C(=O)c2ccccc2NC1c1cccnc1. The molecule has 0 bridgehead atoms. The lowest BCUT2D eigenvalue weighted by molar-refractivity contribution is 0.0593. The second-order valence-electron chi connectivity index (χ2n) is 5.35. The third kappa shape index (κ3) is 2.37. The summed E-state index contributed by atoms with van der Waals surface area (Å²) in [6, 6.07) is 11.7. The number of rotatable bonds is 3. The molecule has 1 aliphatic heterocycles. The Hall–Kier alpha value is -2.36. The number of hydrogen-bond donors (Lipinski definition) is 1. The Labute approximate surface area is 124 Å². The normalized spacial score (nSPS) is 18.9. The van der Waals surface area contributed by atoms with Crippen molar-refractivity contribution >= 4 is 11.6 Å². The van der Waals surface area contributed by atoms with Crippen LogP contribution in [-0.2, 0) is 0 Å². The van der Waals surface area contributed by atoms with E-state index >= 15 is 0 Å². The van der Waals surface area contributed by atoms with Crippen molar-refractivity contribution in [1.82, 2.24) is 9.88 Å². The summed E-state index contributed by atoms with van der Waals surface area (Å²) in [7, 11) is 0. The maximum Gasteiger partial charge on any atom is 0.258 e. The van der Waals surface area contributed by atoms with Crippen LogP contribution in [0.4, 0.5) is 5.69 Å². The highest BCUT2D eigenvalue weighted by atomic mass is 16.2. The quantitative estimate of drug-likeness (QED) is 0.937. The summed E-state index contributed by atoms with van der Waals surface area (Å²) in [6.07, 6.45) is 4.30. The van der Waals surface area contributed by atoms with E-state index in [1.54, 1.807) is 6.20 Å². The van der Waals surface area contributed by atoms with Gasteiger partial charge in [0.15, 0.2) is 0 Å². The van der Waals surface area contributed by atoms with Crippen molar-refractivity contribution in [2.75, 3.05) is 5.32 Å². The van der Waals surface area contributed by atoms with Gasteiger partial charge in [-0.25, -0.2) is 0 Å². The molecule has 3 rings (SSSR count). The first kappa shape index (κ1) is 13.6. The molecule has 0 aliphatic carbocycles. The van der Waals surface area contributed by atoms with Gasteiger partial charge in [-0.3, -0.25) is 9.78 Å². The highest BCUT2D eigenvalue weighted by molar-refractivity contribution is 6.01. The fourth-order valence-electron chi connectivity index (χ4n) is 2.70. The number of amides is 1. The molecule has 2 unspecified atom stereocenters. The summed E-state index contributed by atoms with van der Waals surface area (Å²) in [5.74, 6) is 0.0764. The molecule has 0 radical (unpaired) electrons. The number of carbonyl (C=O) groups is 1. The van der Waals surface area contributed by atoms with E-state index in [1.165, 1.54) is 0 Å². The highest BCUT2D eigenvalue weighted by Gasteiger charge is 2.35. The monoisotopic (exact) mass is 281 g/mol. The molecule has 0 spiro atoms. The van der Waals surface area contributed by atoms with Gasteiger partial charge >= 0.3 is 0 Å². The molecule has 2 aromatic rings. The fourth-order valence-corrected chi connectivity index (χ4v) is 2.70. The number of hydrogen-bond acceptors (Lipinski definition) is 3. The molecule has 1 aromatic heterocycles. The van der Waals surface area contributed by atoms with Crippen molar-refractivity contribution in [2.45, 2.75) is 32.5 Å². The van der Waals surface area contributed by atoms with Crippen LogP contribution in [0.2, 0.25) is 0 Å². The third-order valence-electron chi connectivity index (χ3n) is 4.03. The molecule has 2 heterocycles. The fraction of sp³-hybridized carbons (Fsp3) is 0.294. The summed E-state index contributed by atoms with van der Waals surface area (Å²) >= 11 is 0. The molecule has 0 saturated heterocycles. The first-order valence-corrected chi connectivity index (χ1v) is 7.30. The Bertz CT molecular complexity index is 641. The molecule has 2 atom stereocenters. The minimum atomic E-state index is -0.170. The van der Waals surface area contributed by atoms with Crippen LogP contribution in [0.3, 0.4) is 0 Å². The summed E-state index contributed by atoms with van der Waals surface area (Å²) in [5.41, 5.74) is 2.62. The van der Waals surface area contributed by atoms with Crippen LogP contribution in [0.25, 0.3) is 0 Å². The zero-order valence-corrected chi connectivity index (χ0v) is 12.3. The van der Waals surface area contributed by atoms with E-state index in [0.29, 0.717) is 0 Å². The number of benzene rings is 1. The number of aromatic nitrogens is 1. The standard InChI is InChI=1S/C17H19N3O/c1-3-12(2)20-16(13-7-6-10-18-11-13)19-15-9-5-4-8-14(15)17(20)21/h4-12,16,19H,3H2,1-2H3. The zero-order valence-electron chi connectivity index (χ0n) is 12.3. The number of anilines is 1. The predicted octanol–water partition coefficient (Wildman–Crippen LogP) is 3.45. The van der Waals surface area contributed by atoms with E-state index in [1.807, 2.05) is 47.5 Å². The summed E-state index contributed by atoms with van der Waals surface area (Å²) in [4.78, 5) is 19.0. The lowest BCUT2D eigenvalue weighted by atomic mass is 10.0. The van der Waals surface area contributed by atoms with Gasteiger partial charge in [-0.05, 0) is 31.5 Å². The van der Waals surface area contributed by atoms with Crippen LogP contribution in [0.5, 0.6) is 0 Å². The van der Waals surface area contributed by atoms with Gasteiger partial charge in [0.1, 0.15) is 6.17 Å². The third-order valence-corrected chi connectivity index (χ3v) is 4.03. The van der Waals surface area contributed by atoms with Crippen molar-refractivity contribution < 1.29 is 4.79 Å². The minimum absolute atomic E-state index is 0.0764. The van der Waals surface area contributed by atoms with Gasteiger partial charge in [0, 0.05) is 29.7 Å². The van der Waals surface area contributed by atoms with Gasteiger partial charge in [0.25, 0.3) is 5.91 Å². The molecule has 1 N–H and O–H groups in total. The second kappa shape index (κ2) is 5.56. The predicted molar refractivity (Wildman–Crippen MR) is 83.0 cm³/mol. The molecular weight excluding hydrogens is 262 g/mol. The van der Waals surface area contributed by atoms with E-state index < -0.39 is 0 Å². The molecule has 0 fully saturated rings. The maximum atomic E-state index is 12.9. The molecule has 4 nitrogen and oxygen atoms in total. The molecule has 21 heavy (non-hydrogen) atoms. The van der Waals surface area contributed by atoms with Crippen molar-refractivity contribution in [3.05, 3.63) is 59.9 Å². The smallest absolute Gasteiger partial charge is 0.258 e. The Morgan fingerprint density at radius 1 is 1.29 bits per heavy atom. The molecule has 108 valence electrons. The molecule has 4 heteroatoms. The van der Waals surface area contributed by atoms with Crippen LogP contribution in [0, 0.1) is 0 Å². The van der Waals surface area contributed by atoms with Crippen molar-refractivity contribution in [3.63, 3.8) is 0 Å². The number of pyridine rings is 1. The molecule has 1 aliphatic rings. The second-order valence-corrected chi connectivity index (χ2v) is 5.35. The van der Waals surface area contributed by atoms with E-state index in [2.05, 4.69) is 24.1 Å². The minimum Gasteiger partial charge on any atom is -0.361 e. The van der Waals surface area contributed by atoms with Gasteiger partial charge in [0.2, 0.25) is 0 Å². The lowest BCUT2D eigenvalue weighted by Gasteiger charge is -2.41. The molecule has 1 amide bonds. The van der Waals surface area contributed by atoms with E-state index in [4.69, 9.17) is 0 Å². The van der Waals surface area contributed by atoms with Crippen LogP contribution in [0.1, 0.15) is 42.4 Å². The number of carbonyl (C=O) groups excluding carboxylic acids is 1. The first-order chi connectivity index (χ1) is 10.2. The summed E-state index contributed by atoms with van der Waals surface area (Å²) < 4.78 is 0. The first-order valence-electron chi connectivity index (χ1n) is 7.30. The number of fused-ring (bicyclic) bond motifs is 1. The largest absolute Gasteiger partial charge is 0.361 e. The van der Waals surface area contributed by atoms with Crippen LogP contribution in [0.15, 0.2) is 48.8 Å². The number of para-hydroxylation sites is 1. The zero-order chi connectivity index (χ0) is 14.8.